The van der Waals surface area contributed by atoms with E-state index < -0.39 is 0 Å². The van der Waals surface area contributed by atoms with Crippen molar-refractivity contribution in [3.8, 4) is 5.75 Å². The summed E-state index contributed by atoms with van der Waals surface area (Å²) in [6, 6.07) is 10.8. The van der Waals surface area contributed by atoms with Crippen molar-refractivity contribution in [1.29, 1.82) is 0 Å². The van der Waals surface area contributed by atoms with Gasteiger partial charge < -0.3 is 10.5 Å². The van der Waals surface area contributed by atoms with Gasteiger partial charge >= 0.3 is 0 Å². The van der Waals surface area contributed by atoms with Crippen molar-refractivity contribution in [2.24, 2.45) is 5.10 Å². The van der Waals surface area contributed by atoms with Gasteiger partial charge in [-0.1, -0.05) is 40.9 Å². The summed E-state index contributed by atoms with van der Waals surface area (Å²) in [5.41, 5.74) is 6.52. The highest BCUT2D eigenvalue weighted by molar-refractivity contribution is 6.36. The van der Waals surface area contributed by atoms with Crippen molar-refractivity contribution >= 4 is 28.9 Å². The van der Waals surface area contributed by atoms with Crippen LogP contribution in [0.15, 0.2) is 41.5 Å². The summed E-state index contributed by atoms with van der Waals surface area (Å²) >= 11 is 12.5. The molecule has 0 bridgehead atoms. The summed E-state index contributed by atoms with van der Waals surface area (Å²) in [4.78, 5) is 0. The van der Waals surface area contributed by atoms with E-state index in [0.717, 1.165) is 22.4 Å². The molecule has 0 radical (unpaired) electrons. The molecule has 0 fully saturated rings. The van der Waals surface area contributed by atoms with Crippen molar-refractivity contribution in [3.63, 3.8) is 0 Å². The minimum absolute atomic E-state index is 0.0823. The number of nitrogens with zero attached hydrogens (tertiary/aromatic N) is 1. The van der Waals surface area contributed by atoms with Crippen LogP contribution < -0.4 is 5.43 Å². The monoisotopic (exact) mass is 320 g/mol. The Hall–Kier alpha value is -1.71. The highest BCUT2D eigenvalue weighted by atomic mass is 35.5. The predicted octanol–water partition coefficient (Wildman–Crippen LogP) is 4.45. The Morgan fingerprint density at radius 3 is 2.62 bits per heavy atom. The van der Waals surface area contributed by atoms with Crippen LogP contribution in [0.2, 0.25) is 10.0 Å². The van der Waals surface area contributed by atoms with E-state index in [1.165, 1.54) is 0 Å². The van der Waals surface area contributed by atoms with Gasteiger partial charge in [0.2, 0.25) is 0 Å². The fraction of sp³-hybridized carbons (Fsp3) is 0.188. The minimum atomic E-state index is -0.0823. The molecule has 1 aliphatic heterocycles. The van der Waals surface area contributed by atoms with Crippen LogP contribution >= 0.6 is 23.2 Å². The van der Waals surface area contributed by atoms with Gasteiger partial charge in [0, 0.05) is 27.6 Å². The summed E-state index contributed by atoms with van der Waals surface area (Å²) in [6.45, 7) is 1.98. The van der Waals surface area contributed by atoms with Crippen LogP contribution in [0.5, 0.6) is 5.75 Å². The second-order valence-electron chi connectivity index (χ2n) is 5.10. The number of aromatic hydroxyl groups is 1. The van der Waals surface area contributed by atoms with Gasteiger partial charge in [-0.25, -0.2) is 0 Å². The molecule has 0 aliphatic carbocycles. The molecule has 1 aliphatic rings. The lowest BCUT2D eigenvalue weighted by atomic mass is 9.97. The van der Waals surface area contributed by atoms with Crippen LogP contribution in [0.3, 0.4) is 0 Å². The Kier molecular flexibility index (Phi) is 3.79. The quantitative estimate of drug-likeness (QED) is 0.858. The van der Waals surface area contributed by atoms with Gasteiger partial charge in [-0.3, -0.25) is 0 Å². The second kappa shape index (κ2) is 5.58. The van der Waals surface area contributed by atoms with Crippen LogP contribution in [-0.4, -0.2) is 10.8 Å². The molecular weight excluding hydrogens is 307 g/mol. The Morgan fingerprint density at radius 1 is 1.19 bits per heavy atom. The van der Waals surface area contributed by atoms with Crippen LogP contribution in [0.25, 0.3) is 0 Å². The molecule has 2 N–H and O–H groups in total. The van der Waals surface area contributed by atoms with Gasteiger partial charge in [-0.05, 0) is 31.2 Å². The molecule has 0 saturated carbocycles. The molecule has 5 heteroatoms. The number of phenols is 1. The predicted molar refractivity (Wildman–Crippen MR) is 86.3 cm³/mol. The first-order valence-corrected chi connectivity index (χ1v) is 7.38. The molecule has 3 rings (SSSR count). The first-order chi connectivity index (χ1) is 10.1. The van der Waals surface area contributed by atoms with E-state index in [9.17, 15) is 5.11 Å². The number of hydrogen-bond acceptors (Lipinski definition) is 3. The normalized spacial score (nSPS) is 17.5. The van der Waals surface area contributed by atoms with Crippen LogP contribution in [-0.2, 0) is 0 Å². The van der Waals surface area contributed by atoms with Crippen molar-refractivity contribution < 1.29 is 5.11 Å². The molecule has 2 aromatic rings. The number of aryl methyl sites for hydroxylation is 1. The first kappa shape index (κ1) is 14.2. The largest absolute Gasteiger partial charge is 0.507 e. The Bertz CT molecular complexity index is 708. The standard InChI is InChI=1S/C16H14Cl2N2O/c1-9-5-6-15(21)10(7-9)13-8-14(20-19-13)16-11(17)3-2-4-12(16)18/h2-7,14,20-21H,8H2,1H3/t14-/m1/s1. The first-order valence-electron chi connectivity index (χ1n) is 6.62. The lowest BCUT2D eigenvalue weighted by molar-refractivity contribution is 0.474. The smallest absolute Gasteiger partial charge is 0.124 e. The lowest BCUT2D eigenvalue weighted by Crippen LogP contribution is -2.11. The molecule has 2 aromatic carbocycles. The Balaban J connectivity index is 1.90. The average molecular weight is 321 g/mol. The number of hydrogen-bond donors (Lipinski definition) is 2. The number of benzene rings is 2. The van der Waals surface area contributed by atoms with Crippen molar-refractivity contribution in [3.05, 3.63) is 63.1 Å². The van der Waals surface area contributed by atoms with Crippen LogP contribution in [0.1, 0.15) is 29.2 Å². The van der Waals surface area contributed by atoms with Gasteiger partial charge in [0.1, 0.15) is 5.75 Å². The topological polar surface area (TPSA) is 44.6 Å². The molecule has 3 nitrogen and oxygen atoms in total. The molecular formula is C16H14Cl2N2O. The summed E-state index contributed by atoms with van der Waals surface area (Å²) in [7, 11) is 0. The molecule has 0 saturated heterocycles. The third-order valence-electron chi connectivity index (χ3n) is 3.56. The van der Waals surface area contributed by atoms with E-state index in [0.29, 0.717) is 16.5 Å². The third kappa shape index (κ3) is 2.71. The van der Waals surface area contributed by atoms with Gasteiger partial charge in [-0.2, -0.15) is 5.10 Å². The molecule has 1 heterocycles. The fourth-order valence-electron chi connectivity index (χ4n) is 2.50. The lowest BCUT2D eigenvalue weighted by Gasteiger charge is -2.14. The maximum absolute atomic E-state index is 10.0. The summed E-state index contributed by atoms with van der Waals surface area (Å²) in [6.07, 6.45) is 0.625. The maximum atomic E-state index is 10.0. The fourth-order valence-corrected chi connectivity index (χ4v) is 3.16. The highest BCUT2D eigenvalue weighted by Gasteiger charge is 2.26. The maximum Gasteiger partial charge on any atom is 0.124 e. The minimum Gasteiger partial charge on any atom is -0.507 e. The van der Waals surface area contributed by atoms with E-state index in [1.54, 1.807) is 6.07 Å². The Morgan fingerprint density at radius 2 is 1.90 bits per heavy atom. The molecule has 21 heavy (non-hydrogen) atoms. The van der Waals surface area contributed by atoms with Gasteiger partial charge in [0.25, 0.3) is 0 Å². The van der Waals surface area contributed by atoms with Crippen molar-refractivity contribution in [2.75, 3.05) is 0 Å². The van der Waals surface area contributed by atoms with Crippen LogP contribution in [0.4, 0.5) is 0 Å². The summed E-state index contributed by atoms with van der Waals surface area (Å²) < 4.78 is 0. The van der Waals surface area contributed by atoms with Gasteiger partial charge in [0.05, 0.1) is 11.8 Å². The van der Waals surface area contributed by atoms with E-state index in [1.807, 2.05) is 37.3 Å². The zero-order chi connectivity index (χ0) is 15.0. The number of phenolic OH excluding ortho intramolecular Hbond substituents is 1. The number of hydrazone groups is 1. The van der Waals surface area contributed by atoms with Crippen molar-refractivity contribution in [2.45, 2.75) is 19.4 Å². The number of nitrogens with one attached hydrogen (secondary N) is 1. The molecule has 108 valence electrons. The second-order valence-corrected chi connectivity index (χ2v) is 5.91. The third-order valence-corrected chi connectivity index (χ3v) is 4.22. The zero-order valence-corrected chi connectivity index (χ0v) is 12.9. The molecule has 0 unspecified atom stereocenters. The van der Waals surface area contributed by atoms with Crippen molar-refractivity contribution in [1.82, 2.24) is 5.43 Å². The summed E-state index contributed by atoms with van der Waals surface area (Å²) in [5.74, 6) is 0.229. The molecule has 0 spiro atoms. The molecule has 1 atom stereocenters. The van der Waals surface area contributed by atoms with Gasteiger partial charge in [0.15, 0.2) is 0 Å². The van der Waals surface area contributed by atoms with Crippen LogP contribution in [0, 0.1) is 6.92 Å². The SMILES string of the molecule is Cc1ccc(O)c(C2=NN[C@@H](c3c(Cl)cccc3Cl)C2)c1. The Labute approximate surface area is 133 Å². The zero-order valence-electron chi connectivity index (χ0n) is 11.4. The summed E-state index contributed by atoms with van der Waals surface area (Å²) in [5, 5.41) is 15.6. The number of halogens is 2. The molecule has 0 aromatic heterocycles. The molecule has 0 amide bonds. The van der Waals surface area contributed by atoms with E-state index >= 15 is 0 Å². The van der Waals surface area contributed by atoms with Gasteiger partial charge in [-0.15, -0.1) is 0 Å². The van der Waals surface area contributed by atoms with E-state index in [2.05, 4.69) is 10.5 Å². The highest BCUT2D eigenvalue weighted by Crippen LogP contribution is 2.35. The number of rotatable bonds is 2. The average Bonchev–Trinajstić information content (AvgIpc) is 2.90. The van der Waals surface area contributed by atoms with E-state index in [4.69, 9.17) is 23.2 Å². The van der Waals surface area contributed by atoms with E-state index in [-0.39, 0.29) is 11.8 Å².